The molecule has 1 amide bonds. The topological polar surface area (TPSA) is 57.7 Å². The lowest BCUT2D eigenvalue weighted by Gasteiger charge is -2.25. The summed E-state index contributed by atoms with van der Waals surface area (Å²) in [4.78, 5) is 13.5. The average molecular weight is 314 g/mol. The predicted molar refractivity (Wildman–Crippen MR) is 80.5 cm³/mol. The van der Waals surface area contributed by atoms with Crippen molar-refractivity contribution in [3.63, 3.8) is 0 Å². The summed E-state index contributed by atoms with van der Waals surface area (Å²) >= 11 is 1.76. The Bertz CT molecular complexity index is 593. The zero-order valence-corrected chi connectivity index (χ0v) is 13.2. The maximum atomic E-state index is 12.5. The highest BCUT2D eigenvalue weighted by Gasteiger charge is 2.26. The molecule has 110 valence electrons. The predicted octanol–water partition coefficient (Wildman–Crippen LogP) is 1.13. The van der Waals surface area contributed by atoms with Gasteiger partial charge in [0.05, 0.1) is 4.90 Å². The minimum Gasteiger partial charge on any atom is -0.345 e. The number of hydrogen-bond acceptors (Lipinski definition) is 4. The summed E-state index contributed by atoms with van der Waals surface area (Å²) in [5, 5.41) is 0. The summed E-state index contributed by atoms with van der Waals surface area (Å²) in [6.07, 6.45) is 0. The second kappa shape index (κ2) is 6.15. The number of amides is 1. The van der Waals surface area contributed by atoms with Gasteiger partial charge in [-0.1, -0.05) is 6.07 Å². The van der Waals surface area contributed by atoms with Crippen molar-refractivity contribution in [1.82, 2.24) is 9.21 Å². The summed E-state index contributed by atoms with van der Waals surface area (Å²) in [5.74, 6) is 1.43. The maximum absolute atomic E-state index is 12.5. The summed E-state index contributed by atoms with van der Waals surface area (Å²) in [5.41, 5.74) is 0.391. The van der Waals surface area contributed by atoms with E-state index in [-0.39, 0.29) is 10.8 Å². The number of sulfonamides is 1. The zero-order valence-electron chi connectivity index (χ0n) is 11.6. The molecule has 0 atom stereocenters. The largest absolute Gasteiger partial charge is 0.345 e. The van der Waals surface area contributed by atoms with Crippen LogP contribution in [0.3, 0.4) is 0 Å². The molecule has 0 radical (unpaired) electrons. The third-order valence-corrected chi connectivity index (χ3v) is 5.93. The van der Waals surface area contributed by atoms with Gasteiger partial charge in [0.2, 0.25) is 10.0 Å². The van der Waals surface area contributed by atoms with Crippen LogP contribution in [-0.2, 0) is 10.0 Å². The normalized spacial score (nSPS) is 16.9. The van der Waals surface area contributed by atoms with Crippen molar-refractivity contribution < 1.29 is 13.2 Å². The molecule has 0 unspecified atom stereocenters. The van der Waals surface area contributed by atoms with Crippen LogP contribution >= 0.6 is 11.8 Å². The van der Waals surface area contributed by atoms with E-state index >= 15 is 0 Å². The SMILES string of the molecule is CN(C)C(=O)c1cccc(S(=O)(=O)N2CCSCC2)c1. The molecule has 0 aliphatic carbocycles. The van der Waals surface area contributed by atoms with E-state index in [9.17, 15) is 13.2 Å². The standard InChI is InChI=1S/C13H18N2O3S2/c1-14(2)13(16)11-4-3-5-12(10-11)20(17,18)15-6-8-19-9-7-15/h3-5,10H,6-9H2,1-2H3. The summed E-state index contributed by atoms with van der Waals surface area (Å²) in [6, 6.07) is 6.25. The number of nitrogens with zero attached hydrogens (tertiary/aromatic N) is 2. The van der Waals surface area contributed by atoms with Crippen LogP contribution in [0.5, 0.6) is 0 Å². The van der Waals surface area contributed by atoms with Crippen molar-refractivity contribution in [2.24, 2.45) is 0 Å². The van der Waals surface area contributed by atoms with Crippen molar-refractivity contribution in [2.45, 2.75) is 4.90 Å². The van der Waals surface area contributed by atoms with Gasteiger partial charge in [-0.15, -0.1) is 0 Å². The number of carbonyl (C=O) groups is 1. The van der Waals surface area contributed by atoms with Gasteiger partial charge >= 0.3 is 0 Å². The minimum atomic E-state index is -3.49. The molecule has 1 aliphatic rings. The number of rotatable bonds is 3. The first-order valence-corrected chi connectivity index (χ1v) is 8.92. The first kappa shape index (κ1) is 15.3. The Morgan fingerprint density at radius 2 is 1.90 bits per heavy atom. The summed E-state index contributed by atoms with van der Waals surface area (Å²) < 4.78 is 26.5. The molecule has 0 saturated carbocycles. The molecule has 1 fully saturated rings. The quantitative estimate of drug-likeness (QED) is 0.839. The first-order chi connectivity index (χ1) is 9.43. The Hall–Kier alpha value is -1.05. The van der Waals surface area contributed by atoms with E-state index in [1.807, 2.05) is 0 Å². The van der Waals surface area contributed by atoms with Crippen LogP contribution in [0.25, 0.3) is 0 Å². The molecule has 20 heavy (non-hydrogen) atoms. The van der Waals surface area contributed by atoms with Crippen LogP contribution < -0.4 is 0 Å². The van der Waals surface area contributed by atoms with Crippen LogP contribution in [-0.4, -0.2) is 62.2 Å². The Morgan fingerprint density at radius 3 is 2.50 bits per heavy atom. The van der Waals surface area contributed by atoms with Gasteiger partial charge in [0.1, 0.15) is 0 Å². The lowest BCUT2D eigenvalue weighted by molar-refractivity contribution is 0.0827. The number of carbonyl (C=O) groups excluding carboxylic acids is 1. The summed E-state index contributed by atoms with van der Waals surface area (Å²) in [6.45, 7) is 1.05. The molecule has 7 heteroatoms. The highest BCUT2D eigenvalue weighted by Crippen LogP contribution is 2.21. The minimum absolute atomic E-state index is 0.192. The lowest BCUT2D eigenvalue weighted by atomic mass is 10.2. The fourth-order valence-electron chi connectivity index (χ4n) is 1.98. The molecular formula is C13H18N2O3S2. The fraction of sp³-hybridized carbons (Fsp3) is 0.462. The van der Waals surface area contributed by atoms with Gasteiger partial charge in [-0.25, -0.2) is 8.42 Å². The monoisotopic (exact) mass is 314 g/mol. The Balaban J connectivity index is 2.32. The first-order valence-electron chi connectivity index (χ1n) is 6.32. The van der Waals surface area contributed by atoms with Gasteiger partial charge in [0.15, 0.2) is 0 Å². The van der Waals surface area contributed by atoms with Crippen LogP contribution in [0.1, 0.15) is 10.4 Å². The zero-order chi connectivity index (χ0) is 14.8. The van der Waals surface area contributed by atoms with Crippen molar-refractivity contribution >= 4 is 27.7 Å². The number of hydrogen-bond donors (Lipinski definition) is 0. The molecule has 1 aromatic rings. The molecule has 1 saturated heterocycles. The molecule has 1 aromatic carbocycles. The molecular weight excluding hydrogens is 296 g/mol. The molecule has 5 nitrogen and oxygen atoms in total. The third kappa shape index (κ3) is 3.16. The van der Waals surface area contributed by atoms with Crippen LogP contribution in [0, 0.1) is 0 Å². The second-order valence-electron chi connectivity index (χ2n) is 4.74. The van der Waals surface area contributed by atoms with E-state index in [0.717, 1.165) is 11.5 Å². The molecule has 1 aliphatic heterocycles. The van der Waals surface area contributed by atoms with Crippen molar-refractivity contribution in [3.05, 3.63) is 29.8 Å². The smallest absolute Gasteiger partial charge is 0.253 e. The average Bonchev–Trinajstić information content (AvgIpc) is 2.47. The highest BCUT2D eigenvalue weighted by atomic mass is 32.2. The molecule has 0 spiro atoms. The number of thioether (sulfide) groups is 1. The maximum Gasteiger partial charge on any atom is 0.253 e. The van der Waals surface area contributed by atoms with Gasteiger partial charge in [-0.2, -0.15) is 16.1 Å². The molecule has 2 rings (SSSR count). The van der Waals surface area contributed by atoms with Gasteiger partial charge in [0.25, 0.3) is 5.91 Å². The van der Waals surface area contributed by atoms with Crippen LogP contribution in [0.2, 0.25) is 0 Å². The second-order valence-corrected chi connectivity index (χ2v) is 7.91. The van der Waals surface area contributed by atoms with E-state index in [2.05, 4.69) is 0 Å². The van der Waals surface area contributed by atoms with Crippen molar-refractivity contribution in [2.75, 3.05) is 38.7 Å². The Morgan fingerprint density at radius 1 is 1.25 bits per heavy atom. The van der Waals surface area contributed by atoms with E-state index in [1.165, 1.54) is 15.3 Å². The Labute approximate surface area is 124 Å². The van der Waals surface area contributed by atoms with E-state index in [1.54, 1.807) is 44.1 Å². The van der Waals surface area contributed by atoms with Crippen molar-refractivity contribution in [3.8, 4) is 0 Å². The van der Waals surface area contributed by atoms with E-state index in [4.69, 9.17) is 0 Å². The molecule has 0 aromatic heterocycles. The molecule has 0 N–H and O–H groups in total. The fourth-order valence-corrected chi connectivity index (χ4v) is 4.61. The Kier molecular flexibility index (Phi) is 4.72. The lowest BCUT2D eigenvalue weighted by Crippen LogP contribution is -2.38. The van der Waals surface area contributed by atoms with Gasteiger partial charge in [-0.3, -0.25) is 4.79 Å². The molecule has 1 heterocycles. The van der Waals surface area contributed by atoms with Crippen LogP contribution in [0.15, 0.2) is 29.2 Å². The number of benzene rings is 1. The third-order valence-electron chi connectivity index (χ3n) is 3.09. The highest BCUT2D eigenvalue weighted by molar-refractivity contribution is 7.99. The molecule has 0 bridgehead atoms. The van der Waals surface area contributed by atoms with E-state index < -0.39 is 10.0 Å². The summed E-state index contributed by atoms with van der Waals surface area (Å²) in [7, 11) is -0.206. The van der Waals surface area contributed by atoms with Gasteiger partial charge < -0.3 is 4.90 Å². The van der Waals surface area contributed by atoms with Gasteiger partial charge in [-0.05, 0) is 18.2 Å². The van der Waals surface area contributed by atoms with Crippen LogP contribution in [0.4, 0.5) is 0 Å². The van der Waals surface area contributed by atoms with Gasteiger partial charge in [0, 0.05) is 44.3 Å². The van der Waals surface area contributed by atoms with Crippen molar-refractivity contribution in [1.29, 1.82) is 0 Å². The van der Waals surface area contributed by atoms with E-state index in [0.29, 0.717) is 18.7 Å².